The minimum atomic E-state index is -0.162. The SMILES string of the molecule is CCN(CC)c1ccc(/C=N/Nc2nnc(SCC(=O)NCc3ccco3)n2N)cc1. The van der Waals surface area contributed by atoms with Gasteiger partial charge in [0.05, 0.1) is 24.8 Å². The topological polar surface area (TPSA) is 127 Å². The molecule has 0 saturated carbocycles. The van der Waals surface area contributed by atoms with Gasteiger partial charge in [-0.25, -0.2) is 10.1 Å². The first kappa shape index (κ1) is 22.2. The van der Waals surface area contributed by atoms with E-state index < -0.39 is 0 Å². The number of hydrogen-bond donors (Lipinski definition) is 3. The largest absolute Gasteiger partial charge is 0.467 e. The maximum Gasteiger partial charge on any atom is 0.264 e. The molecule has 10 nitrogen and oxygen atoms in total. The zero-order valence-corrected chi connectivity index (χ0v) is 18.3. The quantitative estimate of drug-likeness (QED) is 0.179. The van der Waals surface area contributed by atoms with Crippen LogP contribution in [0.1, 0.15) is 25.2 Å². The normalized spacial score (nSPS) is 11.0. The zero-order valence-electron chi connectivity index (χ0n) is 17.5. The third-order valence-corrected chi connectivity index (χ3v) is 5.38. The smallest absolute Gasteiger partial charge is 0.264 e. The van der Waals surface area contributed by atoms with Crippen LogP contribution < -0.4 is 21.5 Å². The molecule has 11 heteroatoms. The molecule has 1 aromatic carbocycles. The Morgan fingerprint density at radius 1 is 1.26 bits per heavy atom. The summed E-state index contributed by atoms with van der Waals surface area (Å²) >= 11 is 1.18. The Balaban J connectivity index is 1.48. The number of rotatable bonds is 11. The number of nitrogens with two attached hydrogens (primary N) is 1. The number of furan rings is 1. The van der Waals surface area contributed by atoms with Crippen LogP contribution in [0.5, 0.6) is 0 Å². The number of benzene rings is 1. The molecule has 1 amide bonds. The lowest BCUT2D eigenvalue weighted by Gasteiger charge is -2.20. The van der Waals surface area contributed by atoms with E-state index in [-0.39, 0.29) is 17.6 Å². The fraction of sp³-hybridized carbons (Fsp3) is 0.300. The Morgan fingerprint density at radius 2 is 2.03 bits per heavy atom. The van der Waals surface area contributed by atoms with Crippen molar-refractivity contribution in [3.05, 3.63) is 54.0 Å². The van der Waals surface area contributed by atoms with Gasteiger partial charge in [-0.15, -0.1) is 10.2 Å². The molecule has 0 radical (unpaired) electrons. The third kappa shape index (κ3) is 6.25. The van der Waals surface area contributed by atoms with Crippen LogP contribution in [0.4, 0.5) is 11.6 Å². The highest BCUT2D eigenvalue weighted by Gasteiger charge is 2.12. The Hall–Kier alpha value is -3.47. The Labute approximate surface area is 184 Å². The first-order valence-electron chi connectivity index (χ1n) is 9.87. The van der Waals surface area contributed by atoms with Crippen molar-refractivity contribution in [1.82, 2.24) is 20.2 Å². The average Bonchev–Trinajstić information content (AvgIpc) is 3.43. The van der Waals surface area contributed by atoms with E-state index >= 15 is 0 Å². The van der Waals surface area contributed by atoms with Gasteiger partial charge < -0.3 is 20.5 Å². The van der Waals surface area contributed by atoms with Crippen LogP contribution in [-0.2, 0) is 11.3 Å². The van der Waals surface area contributed by atoms with Crippen molar-refractivity contribution in [2.24, 2.45) is 5.10 Å². The number of anilines is 2. The van der Waals surface area contributed by atoms with E-state index in [1.165, 1.54) is 22.1 Å². The van der Waals surface area contributed by atoms with Crippen LogP contribution in [0.3, 0.4) is 0 Å². The van der Waals surface area contributed by atoms with Gasteiger partial charge in [0.2, 0.25) is 11.1 Å². The van der Waals surface area contributed by atoms with Crippen molar-refractivity contribution in [2.75, 3.05) is 35.0 Å². The third-order valence-electron chi connectivity index (χ3n) is 4.44. The molecule has 2 heterocycles. The second-order valence-corrected chi connectivity index (χ2v) is 7.40. The second kappa shape index (κ2) is 11.1. The van der Waals surface area contributed by atoms with Crippen LogP contribution in [0.2, 0.25) is 0 Å². The molecule has 0 fully saturated rings. The average molecular weight is 443 g/mol. The van der Waals surface area contributed by atoms with Gasteiger partial charge >= 0.3 is 0 Å². The summed E-state index contributed by atoms with van der Waals surface area (Å²) in [5.74, 6) is 6.94. The van der Waals surface area contributed by atoms with E-state index in [1.54, 1.807) is 24.6 Å². The number of nitrogens with zero attached hydrogens (tertiary/aromatic N) is 5. The second-order valence-electron chi connectivity index (χ2n) is 6.45. The summed E-state index contributed by atoms with van der Waals surface area (Å²) in [7, 11) is 0. The van der Waals surface area contributed by atoms with Crippen molar-refractivity contribution in [3.63, 3.8) is 0 Å². The van der Waals surface area contributed by atoms with Crippen LogP contribution in [-0.4, -0.2) is 45.8 Å². The van der Waals surface area contributed by atoms with Crippen molar-refractivity contribution in [2.45, 2.75) is 25.5 Å². The summed E-state index contributed by atoms with van der Waals surface area (Å²) in [4.78, 5) is 14.2. The number of nitrogens with one attached hydrogen (secondary N) is 2. The van der Waals surface area contributed by atoms with Gasteiger partial charge in [0.25, 0.3) is 5.95 Å². The predicted molar refractivity (Wildman–Crippen MR) is 123 cm³/mol. The molecule has 0 bridgehead atoms. The Morgan fingerprint density at radius 3 is 2.71 bits per heavy atom. The molecule has 0 atom stereocenters. The van der Waals surface area contributed by atoms with Gasteiger partial charge in [0, 0.05) is 18.8 Å². The van der Waals surface area contributed by atoms with Gasteiger partial charge in [-0.05, 0) is 43.7 Å². The summed E-state index contributed by atoms with van der Waals surface area (Å²) < 4.78 is 6.43. The number of hydrazone groups is 1. The number of hydrogen-bond acceptors (Lipinski definition) is 9. The van der Waals surface area contributed by atoms with Crippen molar-refractivity contribution >= 4 is 35.5 Å². The lowest BCUT2D eigenvalue weighted by Crippen LogP contribution is -2.24. The monoisotopic (exact) mass is 442 g/mol. The zero-order chi connectivity index (χ0) is 22.1. The lowest BCUT2D eigenvalue weighted by molar-refractivity contribution is -0.118. The fourth-order valence-corrected chi connectivity index (χ4v) is 3.44. The number of amides is 1. The van der Waals surface area contributed by atoms with Crippen LogP contribution in [0.25, 0.3) is 0 Å². The lowest BCUT2D eigenvalue weighted by atomic mass is 10.2. The Bertz CT molecular complexity index is 981. The molecule has 0 spiro atoms. The molecular formula is C20H26N8O2S. The molecule has 3 rings (SSSR count). The van der Waals surface area contributed by atoms with Crippen molar-refractivity contribution < 1.29 is 9.21 Å². The predicted octanol–water partition coefficient (Wildman–Crippen LogP) is 2.29. The van der Waals surface area contributed by atoms with Crippen molar-refractivity contribution in [3.8, 4) is 0 Å². The van der Waals surface area contributed by atoms with Gasteiger partial charge in [0.15, 0.2) is 0 Å². The summed E-state index contributed by atoms with van der Waals surface area (Å²) in [6.45, 7) is 6.52. The van der Waals surface area contributed by atoms with Crippen LogP contribution >= 0.6 is 11.8 Å². The Kier molecular flexibility index (Phi) is 7.93. The summed E-state index contributed by atoms with van der Waals surface area (Å²) in [5.41, 5.74) is 4.88. The minimum absolute atomic E-state index is 0.151. The molecule has 0 aliphatic rings. The molecular weight excluding hydrogens is 416 g/mol. The summed E-state index contributed by atoms with van der Waals surface area (Å²) in [5, 5.41) is 15.3. The van der Waals surface area contributed by atoms with Crippen molar-refractivity contribution in [1.29, 1.82) is 0 Å². The maximum atomic E-state index is 11.9. The van der Waals surface area contributed by atoms with E-state index in [1.807, 2.05) is 12.1 Å². The van der Waals surface area contributed by atoms with E-state index in [4.69, 9.17) is 10.3 Å². The highest BCUT2D eigenvalue weighted by Crippen LogP contribution is 2.17. The molecule has 0 saturated heterocycles. The number of nitrogen functional groups attached to an aromatic ring is 1. The molecule has 31 heavy (non-hydrogen) atoms. The highest BCUT2D eigenvalue weighted by atomic mass is 32.2. The standard InChI is InChI=1S/C20H26N8O2S/c1-3-27(4-2)16-9-7-15(8-10-16)12-23-24-19-25-26-20(28(19)21)31-14-18(29)22-13-17-6-5-11-30-17/h5-12H,3-4,13-14,21H2,1-2H3,(H,22,29)(H,24,25)/b23-12+. The number of carbonyl (C=O) groups is 1. The van der Waals surface area contributed by atoms with Gasteiger partial charge in [-0.3, -0.25) is 4.79 Å². The molecule has 164 valence electrons. The highest BCUT2D eigenvalue weighted by molar-refractivity contribution is 7.99. The molecule has 4 N–H and O–H groups in total. The van der Waals surface area contributed by atoms with Crippen LogP contribution in [0.15, 0.2) is 57.3 Å². The maximum absolute atomic E-state index is 11.9. The molecule has 0 unspecified atom stereocenters. The first-order chi connectivity index (χ1) is 15.1. The van der Waals surface area contributed by atoms with Gasteiger partial charge in [-0.1, -0.05) is 23.9 Å². The van der Waals surface area contributed by atoms with E-state index in [9.17, 15) is 4.79 Å². The molecule has 2 aromatic heterocycles. The molecule has 0 aliphatic heterocycles. The number of thioether (sulfide) groups is 1. The van der Waals surface area contributed by atoms with Crippen LogP contribution in [0, 0.1) is 0 Å². The number of carbonyl (C=O) groups excluding carboxylic acids is 1. The summed E-state index contributed by atoms with van der Waals surface area (Å²) in [6.07, 6.45) is 3.24. The molecule has 3 aromatic rings. The first-order valence-corrected chi connectivity index (χ1v) is 10.9. The van der Waals surface area contributed by atoms with Gasteiger partial charge in [0.1, 0.15) is 5.76 Å². The summed E-state index contributed by atoms with van der Waals surface area (Å²) in [6, 6.07) is 11.7. The van der Waals surface area contributed by atoms with E-state index in [0.717, 1.165) is 18.7 Å². The fourth-order valence-electron chi connectivity index (χ4n) is 2.76. The number of aromatic nitrogens is 3. The van der Waals surface area contributed by atoms with E-state index in [0.29, 0.717) is 17.5 Å². The van der Waals surface area contributed by atoms with Gasteiger partial charge in [-0.2, -0.15) is 5.10 Å². The van der Waals surface area contributed by atoms with E-state index in [2.05, 4.69) is 56.9 Å². The minimum Gasteiger partial charge on any atom is -0.467 e. The molecule has 0 aliphatic carbocycles.